The van der Waals surface area contributed by atoms with Crippen molar-refractivity contribution in [1.29, 1.82) is 0 Å². The van der Waals surface area contributed by atoms with Crippen LogP contribution in [0.15, 0.2) is 36.4 Å². The van der Waals surface area contributed by atoms with Gasteiger partial charge in [-0.05, 0) is 49.2 Å². The molecule has 0 bridgehead atoms. The van der Waals surface area contributed by atoms with Gasteiger partial charge in [0, 0.05) is 18.7 Å². The number of halogens is 2. The fraction of sp³-hybridized carbons (Fsp3) is 0.263. The van der Waals surface area contributed by atoms with Gasteiger partial charge in [-0.1, -0.05) is 35.3 Å². The van der Waals surface area contributed by atoms with Crippen LogP contribution in [0, 0.1) is 19.8 Å². The largest absolute Gasteiger partial charge is 0.326 e. The van der Waals surface area contributed by atoms with Gasteiger partial charge < -0.3 is 10.2 Å². The maximum atomic E-state index is 12.5. The molecule has 1 aliphatic heterocycles. The smallest absolute Gasteiger partial charge is 0.229 e. The van der Waals surface area contributed by atoms with Gasteiger partial charge in [0.05, 0.1) is 21.7 Å². The number of rotatable bonds is 3. The zero-order chi connectivity index (χ0) is 18.1. The Balaban J connectivity index is 1.75. The van der Waals surface area contributed by atoms with Crippen molar-refractivity contribution in [3.63, 3.8) is 0 Å². The Morgan fingerprint density at radius 2 is 1.80 bits per heavy atom. The van der Waals surface area contributed by atoms with Crippen LogP contribution in [-0.2, 0) is 9.59 Å². The zero-order valence-electron chi connectivity index (χ0n) is 14.0. The first kappa shape index (κ1) is 17.8. The van der Waals surface area contributed by atoms with Gasteiger partial charge in [-0.15, -0.1) is 0 Å². The first-order valence-electron chi connectivity index (χ1n) is 7.99. The van der Waals surface area contributed by atoms with Crippen molar-refractivity contribution >= 4 is 46.4 Å². The summed E-state index contributed by atoms with van der Waals surface area (Å²) >= 11 is 12.4. The summed E-state index contributed by atoms with van der Waals surface area (Å²) in [4.78, 5) is 26.4. The second-order valence-electron chi connectivity index (χ2n) is 6.26. The monoisotopic (exact) mass is 376 g/mol. The Labute approximate surface area is 156 Å². The quantitative estimate of drug-likeness (QED) is 0.850. The number of carbonyl (C=O) groups is 2. The fourth-order valence-electron chi connectivity index (χ4n) is 2.91. The molecule has 0 radical (unpaired) electrons. The van der Waals surface area contributed by atoms with E-state index in [0.717, 1.165) is 16.8 Å². The van der Waals surface area contributed by atoms with Gasteiger partial charge in [-0.25, -0.2) is 0 Å². The first-order chi connectivity index (χ1) is 11.9. The summed E-state index contributed by atoms with van der Waals surface area (Å²) in [6.07, 6.45) is 0.137. The van der Waals surface area contributed by atoms with Crippen molar-refractivity contribution in [2.75, 3.05) is 16.8 Å². The van der Waals surface area contributed by atoms with Crippen molar-refractivity contribution < 1.29 is 9.59 Å². The molecule has 2 aromatic rings. The van der Waals surface area contributed by atoms with E-state index in [2.05, 4.69) is 5.32 Å². The molecule has 0 spiro atoms. The lowest BCUT2D eigenvalue weighted by Crippen LogP contribution is -2.28. The topological polar surface area (TPSA) is 49.4 Å². The molecule has 1 atom stereocenters. The molecule has 1 N–H and O–H groups in total. The average molecular weight is 377 g/mol. The molecule has 2 amide bonds. The second-order valence-corrected chi connectivity index (χ2v) is 7.08. The summed E-state index contributed by atoms with van der Waals surface area (Å²) < 4.78 is 0. The summed E-state index contributed by atoms with van der Waals surface area (Å²) in [5, 5.41) is 3.69. The third kappa shape index (κ3) is 3.65. The van der Waals surface area contributed by atoms with Gasteiger partial charge in [0.15, 0.2) is 0 Å². The molecular formula is C19H18Cl2N2O2. The van der Waals surface area contributed by atoms with Gasteiger partial charge in [0.1, 0.15) is 0 Å². The highest BCUT2D eigenvalue weighted by atomic mass is 35.5. The van der Waals surface area contributed by atoms with E-state index in [0.29, 0.717) is 15.7 Å². The van der Waals surface area contributed by atoms with Crippen molar-refractivity contribution in [3.8, 4) is 0 Å². The molecule has 3 rings (SSSR count). The zero-order valence-corrected chi connectivity index (χ0v) is 15.5. The first-order valence-corrected chi connectivity index (χ1v) is 8.75. The summed E-state index contributed by atoms with van der Waals surface area (Å²) in [7, 11) is 0. The van der Waals surface area contributed by atoms with E-state index >= 15 is 0 Å². The van der Waals surface area contributed by atoms with Gasteiger partial charge in [-0.3, -0.25) is 9.59 Å². The Morgan fingerprint density at radius 3 is 2.44 bits per heavy atom. The Morgan fingerprint density at radius 1 is 1.12 bits per heavy atom. The normalized spacial score (nSPS) is 17.0. The lowest BCUT2D eigenvalue weighted by atomic mass is 10.1. The van der Waals surface area contributed by atoms with E-state index in [4.69, 9.17) is 23.2 Å². The molecule has 1 unspecified atom stereocenters. The lowest BCUT2D eigenvalue weighted by Gasteiger charge is -2.19. The van der Waals surface area contributed by atoms with E-state index in [1.807, 2.05) is 32.0 Å². The van der Waals surface area contributed by atoms with E-state index in [-0.39, 0.29) is 24.8 Å². The third-order valence-electron chi connectivity index (χ3n) is 4.48. The van der Waals surface area contributed by atoms with Crippen LogP contribution in [0.1, 0.15) is 17.5 Å². The number of nitrogens with zero attached hydrogens (tertiary/aromatic N) is 1. The van der Waals surface area contributed by atoms with Crippen LogP contribution in [0.3, 0.4) is 0 Å². The number of hydrogen-bond acceptors (Lipinski definition) is 2. The Hall–Kier alpha value is -2.04. The SMILES string of the molecule is Cc1ccc(NC(=O)C2CC(=O)N(c3c(Cl)cccc3Cl)C2)cc1C. The van der Waals surface area contributed by atoms with Crippen LogP contribution in [0.25, 0.3) is 0 Å². The molecule has 130 valence electrons. The highest BCUT2D eigenvalue weighted by Gasteiger charge is 2.36. The molecule has 2 aromatic carbocycles. The average Bonchev–Trinajstić information content (AvgIpc) is 2.93. The van der Waals surface area contributed by atoms with E-state index in [1.165, 1.54) is 4.90 Å². The number of carbonyl (C=O) groups excluding carboxylic acids is 2. The molecule has 0 saturated carbocycles. The van der Waals surface area contributed by atoms with E-state index in [9.17, 15) is 9.59 Å². The maximum absolute atomic E-state index is 12.5. The standard InChI is InChI=1S/C19H18Cl2N2O2/c1-11-6-7-14(8-12(11)2)22-19(25)13-9-17(24)23(10-13)18-15(20)4-3-5-16(18)21/h3-8,13H,9-10H2,1-2H3,(H,22,25). The predicted octanol–water partition coefficient (Wildman–Crippen LogP) is 4.60. The van der Waals surface area contributed by atoms with Crippen molar-refractivity contribution in [2.45, 2.75) is 20.3 Å². The van der Waals surface area contributed by atoms with E-state index in [1.54, 1.807) is 18.2 Å². The molecule has 0 aromatic heterocycles. The molecule has 0 aliphatic carbocycles. The summed E-state index contributed by atoms with van der Waals surface area (Å²) in [5.74, 6) is -0.779. The Bertz CT molecular complexity index is 831. The second kappa shape index (κ2) is 7.06. The number of nitrogens with one attached hydrogen (secondary N) is 1. The van der Waals surface area contributed by atoms with Crippen molar-refractivity contribution in [2.24, 2.45) is 5.92 Å². The molecule has 6 heteroatoms. The Kier molecular flexibility index (Phi) is 5.02. The van der Waals surface area contributed by atoms with Crippen molar-refractivity contribution in [1.82, 2.24) is 0 Å². The minimum absolute atomic E-state index is 0.137. The molecule has 1 heterocycles. The number of benzene rings is 2. The lowest BCUT2D eigenvalue weighted by molar-refractivity contribution is -0.122. The van der Waals surface area contributed by atoms with Gasteiger partial charge >= 0.3 is 0 Å². The predicted molar refractivity (Wildman–Crippen MR) is 101 cm³/mol. The number of aryl methyl sites for hydroxylation is 2. The van der Waals surface area contributed by atoms with Crippen molar-refractivity contribution in [3.05, 3.63) is 57.6 Å². The van der Waals surface area contributed by atoms with Crippen LogP contribution >= 0.6 is 23.2 Å². The van der Waals surface area contributed by atoms with Crippen LogP contribution in [0.4, 0.5) is 11.4 Å². The maximum Gasteiger partial charge on any atom is 0.229 e. The van der Waals surface area contributed by atoms with Crippen LogP contribution < -0.4 is 10.2 Å². The summed E-state index contributed by atoms with van der Waals surface area (Å²) in [6.45, 7) is 4.27. The number of hydrogen-bond donors (Lipinski definition) is 1. The summed E-state index contributed by atoms with van der Waals surface area (Å²) in [6, 6.07) is 10.8. The van der Waals surface area contributed by atoms with Gasteiger partial charge in [0.25, 0.3) is 0 Å². The third-order valence-corrected chi connectivity index (χ3v) is 5.09. The van der Waals surface area contributed by atoms with Crippen LogP contribution in [0.2, 0.25) is 10.0 Å². The molecule has 1 aliphatic rings. The molecule has 25 heavy (non-hydrogen) atoms. The van der Waals surface area contributed by atoms with Gasteiger partial charge in [0.2, 0.25) is 11.8 Å². The highest BCUT2D eigenvalue weighted by molar-refractivity contribution is 6.40. The van der Waals surface area contributed by atoms with E-state index < -0.39 is 5.92 Å². The van der Waals surface area contributed by atoms with Crippen LogP contribution in [0.5, 0.6) is 0 Å². The molecule has 1 fully saturated rings. The number of para-hydroxylation sites is 1. The van der Waals surface area contributed by atoms with Gasteiger partial charge in [-0.2, -0.15) is 0 Å². The number of amides is 2. The van der Waals surface area contributed by atoms with Crippen LogP contribution in [-0.4, -0.2) is 18.4 Å². The minimum Gasteiger partial charge on any atom is -0.326 e. The molecular weight excluding hydrogens is 359 g/mol. The highest BCUT2D eigenvalue weighted by Crippen LogP contribution is 2.37. The molecule has 1 saturated heterocycles. The minimum atomic E-state index is -0.443. The number of anilines is 2. The fourth-order valence-corrected chi connectivity index (χ4v) is 3.51. The molecule has 4 nitrogen and oxygen atoms in total. The summed E-state index contributed by atoms with van der Waals surface area (Å²) in [5.41, 5.74) is 3.46.